The minimum absolute atomic E-state index is 0. The number of aromatic nitrogens is 3. The molecule has 0 aliphatic rings. The van der Waals surface area contributed by atoms with Gasteiger partial charge >= 0.3 is 0 Å². The van der Waals surface area contributed by atoms with E-state index in [4.69, 9.17) is 21.3 Å². The summed E-state index contributed by atoms with van der Waals surface area (Å²) in [7, 11) is 4.14. The Labute approximate surface area is 242 Å². The van der Waals surface area contributed by atoms with E-state index in [0.717, 1.165) is 53.6 Å². The zero-order chi connectivity index (χ0) is 27.1. The van der Waals surface area contributed by atoms with E-state index in [1.54, 1.807) is 24.5 Å². The van der Waals surface area contributed by atoms with Crippen molar-refractivity contribution in [1.29, 1.82) is 0 Å². The summed E-state index contributed by atoms with van der Waals surface area (Å²) in [5, 5.41) is 14.1. The molecule has 9 heteroatoms. The number of phenolic OH excluding ortho intramolecular Hbond substituents is 1. The van der Waals surface area contributed by atoms with Crippen LogP contribution in [0.4, 0.5) is 0 Å². The highest BCUT2D eigenvalue weighted by Gasteiger charge is 2.27. The number of phenols is 1. The molecule has 0 aliphatic heterocycles. The van der Waals surface area contributed by atoms with Crippen molar-refractivity contribution in [3.8, 4) is 34.0 Å². The number of H-pyrrole nitrogens is 1. The van der Waals surface area contributed by atoms with Crippen LogP contribution in [-0.4, -0.2) is 58.8 Å². The molecule has 2 aromatic heterocycles. The van der Waals surface area contributed by atoms with Gasteiger partial charge in [0.05, 0.1) is 23.0 Å². The van der Waals surface area contributed by atoms with Gasteiger partial charge in [0.2, 0.25) is 0 Å². The number of rotatable bonds is 12. The van der Waals surface area contributed by atoms with Gasteiger partial charge in [0, 0.05) is 48.6 Å². The zero-order valence-electron chi connectivity index (χ0n) is 22.9. The fourth-order valence-electron chi connectivity index (χ4n) is 4.17. The maximum Gasteiger partial charge on any atom is 0.134 e. The molecule has 0 spiro atoms. The predicted octanol–water partition coefficient (Wildman–Crippen LogP) is 6.32. The molecule has 0 fully saturated rings. The van der Waals surface area contributed by atoms with E-state index in [9.17, 15) is 5.11 Å². The fraction of sp³-hybridized carbons (Fsp3) is 0.333. The Morgan fingerprint density at radius 1 is 1.03 bits per heavy atom. The summed E-state index contributed by atoms with van der Waals surface area (Å²) in [4.78, 5) is 14.8. The first-order valence-corrected chi connectivity index (χ1v) is 13.2. The molecule has 0 amide bonds. The average Bonchev–Trinajstić information content (AvgIpc) is 3.36. The minimum Gasteiger partial charge on any atom is -0.506 e. The Morgan fingerprint density at radius 3 is 2.41 bits per heavy atom. The summed E-state index contributed by atoms with van der Waals surface area (Å²) in [6.07, 6.45) is 4.51. The SMILES string of the molecule is CN(C)CCCOc1ccc(CNCC(C)(C)c2nc(-c3ccc(Cl)c(O)c3)c(-c3ccncc3)[nH]2)cc1.Cl. The van der Waals surface area contributed by atoms with Gasteiger partial charge in [0.25, 0.3) is 0 Å². The van der Waals surface area contributed by atoms with Crippen LogP contribution in [-0.2, 0) is 12.0 Å². The number of nitrogens with one attached hydrogen (secondary N) is 2. The molecule has 2 aromatic carbocycles. The largest absolute Gasteiger partial charge is 0.506 e. The number of benzene rings is 2. The normalized spacial score (nSPS) is 11.4. The quantitative estimate of drug-likeness (QED) is 0.173. The van der Waals surface area contributed by atoms with Crippen LogP contribution in [0.15, 0.2) is 67.0 Å². The van der Waals surface area contributed by atoms with E-state index in [-0.39, 0.29) is 23.6 Å². The third kappa shape index (κ3) is 8.19. The maximum atomic E-state index is 10.2. The summed E-state index contributed by atoms with van der Waals surface area (Å²) in [5.74, 6) is 1.77. The van der Waals surface area contributed by atoms with Crippen LogP contribution in [0.5, 0.6) is 11.5 Å². The van der Waals surface area contributed by atoms with Crippen molar-refractivity contribution in [3.05, 3.63) is 83.4 Å². The van der Waals surface area contributed by atoms with E-state index in [2.05, 4.69) is 60.3 Å². The fourth-order valence-corrected chi connectivity index (χ4v) is 4.29. The maximum absolute atomic E-state index is 10.2. The molecule has 2 heterocycles. The van der Waals surface area contributed by atoms with Crippen LogP contribution in [0, 0.1) is 0 Å². The number of hydrogen-bond donors (Lipinski definition) is 3. The zero-order valence-corrected chi connectivity index (χ0v) is 24.4. The van der Waals surface area contributed by atoms with Crippen molar-refractivity contribution < 1.29 is 9.84 Å². The number of halogens is 2. The highest BCUT2D eigenvalue weighted by Crippen LogP contribution is 2.36. The smallest absolute Gasteiger partial charge is 0.134 e. The number of nitrogens with zero attached hydrogens (tertiary/aromatic N) is 3. The van der Waals surface area contributed by atoms with E-state index >= 15 is 0 Å². The Bertz CT molecular complexity index is 1330. The van der Waals surface area contributed by atoms with Crippen molar-refractivity contribution in [2.75, 3.05) is 33.8 Å². The van der Waals surface area contributed by atoms with Crippen molar-refractivity contribution in [2.45, 2.75) is 32.2 Å². The van der Waals surface area contributed by atoms with Gasteiger partial charge in [-0.3, -0.25) is 4.98 Å². The van der Waals surface area contributed by atoms with E-state index in [1.165, 1.54) is 5.56 Å². The van der Waals surface area contributed by atoms with Gasteiger partial charge in [-0.15, -0.1) is 12.4 Å². The Morgan fingerprint density at radius 2 is 1.74 bits per heavy atom. The molecule has 208 valence electrons. The molecule has 0 saturated heterocycles. The Kier molecular flexibility index (Phi) is 10.8. The monoisotopic (exact) mass is 569 g/mol. The topological polar surface area (TPSA) is 86.3 Å². The van der Waals surface area contributed by atoms with Crippen molar-refractivity contribution >= 4 is 24.0 Å². The Hall–Kier alpha value is -3.10. The minimum atomic E-state index is -0.288. The predicted molar refractivity (Wildman–Crippen MR) is 161 cm³/mol. The molecule has 7 nitrogen and oxygen atoms in total. The van der Waals surface area contributed by atoms with Gasteiger partial charge in [-0.25, -0.2) is 4.98 Å². The number of imidazole rings is 1. The van der Waals surface area contributed by atoms with Gasteiger partial charge in [0.1, 0.15) is 17.3 Å². The molecule has 0 unspecified atom stereocenters. The number of aromatic amines is 1. The van der Waals surface area contributed by atoms with Crippen molar-refractivity contribution in [3.63, 3.8) is 0 Å². The molecular formula is C30H37Cl2N5O2. The number of aromatic hydroxyl groups is 1. The van der Waals surface area contributed by atoms with Gasteiger partial charge in [-0.05, 0) is 62.5 Å². The summed E-state index contributed by atoms with van der Waals surface area (Å²) in [5.41, 5.74) is 4.29. The molecular weight excluding hydrogens is 533 g/mol. The third-order valence-electron chi connectivity index (χ3n) is 6.37. The lowest BCUT2D eigenvalue weighted by atomic mass is 9.92. The summed E-state index contributed by atoms with van der Waals surface area (Å²) in [6.45, 7) is 7.49. The summed E-state index contributed by atoms with van der Waals surface area (Å²) in [6, 6.07) is 17.3. The second kappa shape index (κ2) is 13.8. The summed E-state index contributed by atoms with van der Waals surface area (Å²) >= 11 is 6.05. The Balaban J connectivity index is 0.00000420. The summed E-state index contributed by atoms with van der Waals surface area (Å²) < 4.78 is 5.84. The number of pyridine rings is 1. The first kappa shape index (κ1) is 30.4. The van der Waals surface area contributed by atoms with E-state index in [1.807, 2.05) is 30.3 Å². The van der Waals surface area contributed by atoms with E-state index in [0.29, 0.717) is 18.2 Å². The first-order valence-electron chi connectivity index (χ1n) is 12.8. The lowest BCUT2D eigenvalue weighted by Gasteiger charge is -2.23. The molecule has 39 heavy (non-hydrogen) atoms. The lowest BCUT2D eigenvalue weighted by molar-refractivity contribution is 0.281. The van der Waals surface area contributed by atoms with Crippen LogP contribution in [0.3, 0.4) is 0 Å². The lowest BCUT2D eigenvalue weighted by Crippen LogP contribution is -2.33. The molecule has 0 aliphatic carbocycles. The van der Waals surface area contributed by atoms with Crippen LogP contribution in [0.2, 0.25) is 5.02 Å². The van der Waals surface area contributed by atoms with Crippen LogP contribution in [0.1, 0.15) is 31.7 Å². The van der Waals surface area contributed by atoms with Gasteiger partial charge < -0.3 is 25.0 Å². The van der Waals surface area contributed by atoms with Crippen molar-refractivity contribution in [1.82, 2.24) is 25.2 Å². The standard InChI is InChI=1S/C30H36ClN5O2.ClH/c1-30(2,20-33-19-21-6-9-24(10-7-21)38-17-5-16-36(3)4)29-34-27(22-12-14-32-15-13-22)28(35-29)23-8-11-25(31)26(37)18-23;/h6-15,18,33,37H,5,16-17,19-20H2,1-4H3,(H,34,35);1H. The third-order valence-corrected chi connectivity index (χ3v) is 6.69. The highest BCUT2D eigenvalue weighted by molar-refractivity contribution is 6.32. The van der Waals surface area contributed by atoms with Crippen LogP contribution < -0.4 is 10.1 Å². The van der Waals surface area contributed by atoms with E-state index < -0.39 is 0 Å². The van der Waals surface area contributed by atoms with Gasteiger partial charge in [-0.1, -0.05) is 43.6 Å². The van der Waals surface area contributed by atoms with Gasteiger partial charge in [-0.2, -0.15) is 0 Å². The van der Waals surface area contributed by atoms with Crippen molar-refractivity contribution in [2.24, 2.45) is 0 Å². The molecule has 3 N–H and O–H groups in total. The molecule has 0 atom stereocenters. The molecule has 4 aromatic rings. The molecule has 0 saturated carbocycles. The highest BCUT2D eigenvalue weighted by atomic mass is 35.5. The second-order valence-corrected chi connectivity index (χ2v) is 10.8. The number of hydrogen-bond acceptors (Lipinski definition) is 6. The number of ether oxygens (including phenoxy) is 1. The first-order chi connectivity index (χ1) is 18.2. The average molecular weight is 571 g/mol. The molecule has 0 bridgehead atoms. The van der Waals surface area contributed by atoms with Crippen LogP contribution >= 0.6 is 24.0 Å². The molecule has 0 radical (unpaired) electrons. The molecule has 4 rings (SSSR count). The van der Waals surface area contributed by atoms with Gasteiger partial charge in [0.15, 0.2) is 0 Å². The van der Waals surface area contributed by atoms with Crippen LogP contribution in [0.25, 0.3) is 22.5 Å². The second-order valence-electron chi connectivity index (χ2n) is 10.3.